The molecule has 4 rings (SSSR count). The number of thioether (sulfide) groups is 1. The maximum absolute atomic E-state index is 13.3. The lowest BCUT2D eigenvalue weighted by Crippen LogP contribution is -2.47. The second-order valence-corrected chi connectivity index (χ2v) is 8.10. The fraction of sp³-hybridized carbons (Fsp3) is 0.150. The number of fused-ring (bicyclic) bond motifs is 1. The van der Waals surface area contributed by atoms with Crippen molar-refractivity contribution in [2.45, 2.75) is 10.4 Å². The number of rotatable bonds is 3. The Hall–Kier alpha value is -2.24. The van der Waals surface area contributed by atoms with Crippen molar-refractivity contribution >= 4 is 40.4 Å². The second-order valence-electron chi connectivity index (χ2n) is 5.87. The molecule has 2 aromatic carbocycles. The van der Waals surface area contributed by atoms with Crippen molar-refractivity contribution in [1.29, 1.82) is 0 Å². The van der Waals surface area contributed by atoms with Gasteiger partial charge in [-0.3, -0.25) is 9.69 Å². The summed E-state index contributed by atoms with van der Waals surface area (Å²) in [5.74, 6) is 0.0454. The number of nitrogens with zero attached hydrogens (tertiary/aromatic N) is 2. The van der Waals surface area contributed by atoms with Gasteiger partial charge < -0.3 is 4.90 Å². The van der Waals surface area contributed by atoms with Gasteiger partial charge in [-0.2, -0.15) is 0 Å². The van der Waals surface area contributed by atoms with Crippen molar-refractivity contribution in [3.05, 3.63) is 77.2 Å². The Morgan fingerprint density at radius 1 is 0.960 bits per heavy atom. The lowest BCUT2D eigenvalue weighted by Gasteiger charge is -2.43. The Balaban J connectivity index is 1.90. The lowest BCUT2D eigenvalue weighted by molar-refractivity contribution is 0.0970. The quantitative estimate of drug-likeness (QED) is 0.590. The molecule has 3 nitrogen and oxygen atoms in total. The normalized spacial score (nSPS) is 16.9. The van der Waals surface area contributed by atoms with Gasteiger partial charge in [0, 0.05) is 17.6 Å². The van der Waals surface area contributed by atoms with Gasteiger partial charge in [-0.15, -0.1) is 23.1 Å². The van der Waals surface area contributed by atoms with E-state index in [0.29, 0.717) is 0 Å². The SMILES string of the molecule is CSc1ccc(C2N(C)c3ccccc3C(=O)N2c2ccccc2)s1. The van der Waals surface area contributed by atoms with Crippen LogP contribution in [0.2, 0.25) is 0 Å². The zero-order valence-corrected chi connectivity index (χ0v) is 15.7. The summed E-state index contributed by atoms with van der Waals surface area (Å²) < 4.78 is 1.25. The van der Waals surface area contributed by atoms with Crippen LogP contribution in [0.1, 0.15) is 21.4 Å². The van der Waals surface area contributed by atoms with Gasteiger partial charge in [0.1, 0.15) is 6.17 Å². The molecule has 25 heavy (non-hydrogen) atoms. The third-order valence-electron chi connectivity index (χ3n) is 4.44. The number of carbonyl (C=O) groups excluding carboxylic acids is 1. The van der Waals surface area contributed by atoms with Crippen molar-refractivity contribution in [2.24, 2.45) is 0 Å². The lowest BCUT2D eigenvalue weighted by atomic mass is 10.0. The summed E-state index contributed by atoms with van der Waals surface area (Å²) >= 11 is 3.48. The molecule has 3 aromatic rings. The van der Waals surface area contributed by atoms with Gasteiger partial charge in [0.05, 0.1) is 15.5 Å². The molecule has 1 aromatic heterocycles. The summed E-state index contributed by atoms with van der Waals surface area (Å²) in [5.41, 5.74) is 2.63. The van der Waals surface area contributed by atoms with Crippen molar-refractivity contribution in [3.8, 4) is 0 Å². The molecule has 0 bridgehead atoms. The van der Waals surface area contributed by atoms with E-state index in [1.54, 1.807) is 23.1 Å². The predicted molar refractivity (Wildman–Crippen MR) is 107 cm³/mol. The van der Waals surface area contributed by atoms with E-state index in [-0.39, 0.29) is 12.1 Å². The fourth-order valence-electron chi connectivity index (χ4n) is 3.26. The van der Waals surface area contributed by atoms with E-state index in [4.69, 9.17) is 0 Å². The number of anilines is 2. The van der Waals surface area contributed by atoms with Crippen LogP contribution in [0.3, 0.4) is 0 Å². The highest BCUT2D eigenvalue weighted by Gasteiger charge is 2.38. The summed E-state index contributed by atoms with van der Waals surface area (Å²) in [5, 5.41) is 0. The number of benzene rings is 2. The van der Waals surface area contributed by atoms with Gasteiger partial charge in [0.15, 0.2) is 0 Å². The molecule has 2 heterocycles. The van der Waals surface area contributed by atoms with E-state index in [9.17, 15) is 4.79 Å². The standard InChI is InChI=1S/C20H18N2OS2/c1-21-16-11-7-6-10-15(16)20(23)22(14-8-4-3-5-9-14)19(21)17-12-13-18(24-2)25-17/h3-13,19H,1-2H3. The van der Waals surface area contributed by atoms with Crippen LogP contribution in [-0.2, 0) is 0 Å². The van der Waals surface area contributed by atoms with Crippen LogP contribution < -0.4 is 9.80 Å². The summed E-state index contributed by atoms with van der Waals surface area (Å²) in [6.45, 7) is 0. The first-order valence-corrected chi connectivity index (χ1v) is 10.1. The number of hydrogen-bond acceptors (Lipinski definition) is 4. The maximum Gasteiger partial charge on any atom is 0.262 e. The van der Waals surface area contributed by atoms with E-state index in [1.807, 2.05) is 59.5 Å². The Bertz CT molecular complexity index is 907. The minimum absolute atomic E-state index is 0.0454. The maximum atomic E-state index is 13.3. The molecular formula is C20H18N2OS2. The largest absolute Gasteiger partial charge is 0.349 e. The summed E-state index contributed by atoms with van der Waals surface area (Å²) in [4.78, 5) is 18.6. The smallest absolute Gasteiger partial charge is 0.262 e. The van der Waals surface area contributed by atoms with E-state index in [2.05, 4.69) is 30.3 Å². The van der Waals surface area contributed by atoms with E-state index >= 15 is 0 Å². The molecular weight excluding hydrogens is 348 g/mol. The van der Waals surface area contributed by atoms with Crippen LogP contribution in [0.15, 0.2) is 70.9 Å². The Kier molecular flexibility index (Phi) is 4.27. The third kappa shape index (κ3) is 2.73. The van der Waals surface area contributed by atoms with Gasteiger partial charge in [0.2, 0.25) is 0 Å². The van der Waals surface area contributed by atoms with Gasteiger partial charge in [0.25, 0.3) is 5.91 Å². The molecule has 126 valence electrons. The second kappa shape index (κ2) is 6.58. The van der Waals surface area contributed by atoms with Crippen LogP contribution in [0.4, 0.5) is 11.4 Å². The number of amides is 1. The highest BCUT2D eigenvalue weighted by molar-refractivity contribution is 8.00. The zero-order chi connectivity index (χ0) is 17.4. The fourth-order valence-corrected chi connectivity index (χ4v) is 4.96. The number of para-hydroxylation sites is 2. The summed E-state index contributed by atoms with van der Waals surface area (Å²) in [6.07, 6.45) is 1.94. The number of carbonyl (C=O) groups is 1. The molecule has 1 amide bonds. The van der Waals surface area contributed by atoms with Crippen LogP contribution in [0, 0.1) is 0 Å². The van der Waals surface area contributed by atoms with Gasteiger partial charge in [-0.1, -0.05) is 30.3 Å². The number of hydrogen-bond donors (Lipinski definition) is 0. The average Bonchev–Trinajstić information content (AvgIpc) is 3.14. The van der Waals surface area contributed by atoms with Crippen molar-refractivity contribution < 1.29 is 4.79 Å². The van der Waals surface area contributed by atoms with Gasteiger partial charge in [-0.25, -0.2) is 0 Å². The van der Waals surface area contributed by atoms with Crippen molar-refractivity contribution in [2.75, 3.05) is 23.1 Å². The Labute approximate surface area is 155 Å². The molecule has 0 aliphatic carbocycles. The highest BCUT2D eigenvalue weighted by atomic mass is 32.2. The van der Waals surface area contributed by atoms with Crippen LogP contribution >= 0.6 is 23.1 Å². The van der Waals surface area contributed by atoms with E-state index in [1.165, 1.54) is 9.09 Å². The first kappa shape index (κ1) is 16.2. The molecule has 1 unspecified atom stereocenters. The van der Waals surface area contributed by atoms with Crippen molar-refractivity contribution in [3.63, 3.8) is 0 Å². The third-order valence-corrected chi connectivity index (χ3v) is 6.65. The van der Waals surface area contributed by atoms with Crippen LogP contribution in [-0.4, -0.2) is 19.2 Å². The number of thiophene rings is 1. The molecule has 0 spiro atoms. The van der Waals surface area contributed by atoms with Crippen LogP contribution in [0.5, 0.6) is 0 Å². The Morgan fingerprint density at radius 2 is 1.68 bits per heavy atom. The van der Waals surface area contributed by atoms with E-state index in [0.717, 1.165) is 16.9 Å². The predicted octanol–water partition coefficient (Wildman–Crippen LogP) is 5.27. The van der Waals surface area contributed by atoms with Gasteiger partial charge in [-0.05, 0) is 42.7 Å². The van der Waals surface area contributed by atoms with Crippen LogP contribution in [0.25, 0.3) is 0 Å². The monoisotopic (exact) mass is 366 g/mol. The molecule has 5 heteroatoms. The molecule has 1 aliphatic rings. The molecule has 0 N–H and O–H groups in total. The van der Waals surface area contributed by atoms with Crippen molar-refractivity contribution in [1.82, 2.24) is 0 Å². The molecule has 1 atom stereocenters. The minimum atomic E-state index is -0.143. The Morgan fingerprint density at radius 3 is 2.40 bits per heavy atom. The van der Waals surface area contributed by atoms with Gasteiger partial charge >= 0.3 is 0 Å². The summed E-state index contributed by atoms with van der Waals surface area (Å²) in [7, 11) is 2.06. The minimum Gasteiger partial charge on any atom is -0.349 e. The zero-order valence-electron chi connectivity index (χ0n) is 14.0. The molecule has 0 fully saturated rings. The topological polar surface area (TPSA) is 23.6 Å². The molecule has 1 aliphatic heterocycles. The summed E-state index contributed by atoms with van der Waals surface area (Å²) in [6, 6.07) is 22.0. The average molecular weight is 367 g/mol. The van der Waals surface area contributed by atoms with E-state index < -0.39 is 0 Å². The first-order valence-electron chi connectivity index (χ1n) is 8.05. The molecule has 0 saturated heterocycles. The molecule has 0 radical (unpaired) electrons. The molecule has 0 saturated carbocycles. The first-order chi connectivity index (χ1) is 12.2. The highest BCUT2D eigenvalue weighted by Crippen LogP contribution is 2.43.